The third-order valence-corrected chi connectivity index (χ3v) is 5.17. The molecule has 0 aliphatic carbocycles. The highest BCUT2D eigenvalue weighted by molar-refractivity contribution is 7.89. The molecule has 0 aliphatic rings. The fourth-order valence-electron chi connectivity index (χ4n) is 2.15. The molecule has 0 saturated carbocycles. The van der Waals surface area contributed by atoms with Gasteiger partial charge in [0, 0.05) is 18.7 Å². The highest BCUT2D eigenvalue weighted by Crippen LogP contribution is 2.14. The normalized spacial score (nSPS) is 10.9. The first-order chi connectivity index (χ1) is 11.8. The molecular weight excluding hydrogens is 338 g/mol. The molecule has 0 saturated heterocycles. The SMILES string of the molecule is Cc1ccc(S(=O)(=O)NCCC(=O)Nc2cccc(C#N)c2)cc1C. The van der Waals surface area contributed by atoms with Gasteiger partial charge in [0.05, 0.1) is 16.5 Å². The van der Waals surface area contributed by atoms with Crippen molar-refractivity contribution in [1.29, 1.82) is 5.26 Å². The zero-order chi connectivity index (χ0) is 18.4. The number of sulfonamides is 1. The predicted molar refractivity (Wildman–Crippen MR) is 95.5 cm³/mol. The Balaban J connectivity index is 1.91. The number of nitriles is 1. The summed E-state index contributed by atoms with van der Waals surface area (Å²) in [5, 5.41) is 11.5. The van der Waals surface area contributed by atoms with Gasteiger partial charge in [-0.25, -0.2) is 13.1 Å². The molecule has 0 atom stereocenters. The highest BCUT2D eigenvalue weighted by atomic mass is 32.2. The van der Waals surface area contributed by atoms with Crippen LogP contribution in [-0.4, -0.2) is 20.9 Å². The maximum absolute atomic E-state index is 12.2. The number of nitrogens with one attached hydrogen (secondary N) is 2. The van der Waals surface area contributed by atoms with Gasteiger partial charge < -0.3 is 5.32 Å². The van der Waals surface area contributed by atoms with Crippen LogP contribution in [0.1, 0.15) is 23.1 Å². The maximum Gasteiger partial charge on any atom is 0.240 e. The molecule has 2 aromatic rings. The van der Waals surface area contributed by atoms with Crippen LogP contribution in [0.3, 0.4) is 0 Å². The average Bonchev–Trinajstić information content (AvgIpc) is 2.57. The Morgan fingerprint density at radius 2 is 1.88 bits per heavy atom. The molecule has 130 valence electrons. The van der Waals surface area contributed by atoms with E-state index in [1.54, 1.807) is 36.4 Å². The second-order valence-electron chi connectivity index (χ2n) is 5.63. The van der Waals surface area contributed by atoms with Gasteiger partial charge in [-0.3, -0.25) is 4.79 Å². The quantitative estimate of drug-likeness (QED) is 0.829. The molecule has 0 aliphatic heterocycles. The summed E-state index contributed by atoms with van der Waals surface area (Å²) >= 11 is 0. The number of anilines is 1. The van der Waals surface area contributed by atoms with Gasteiger partial charge >= 0.3 is 0 Å². The fraction of sp³-hybridized carbons (Fsp3) is 0.222. The van der Waals surface area contributed by atoms with Crippen molar-refractivity contribution in [1.82, 2.24) is 4.72 Å². The summed E-state index contributed by atoms with van der Waals surface area (Å²) in [5.74, 6) is -0.335. The molecule has 2 rings (SSSR count). The molecule has 0 fully saturated rings. The van der Waals surface area contributed by atoms with E-state index in [9.17, 15) is 13.2 Å². The minimum Gasteiger partial charge on any atom is -0.326 e. The maximum atomic E-state index is 12.2. The van der Waals surface area contributed by atoms with Crippen LogP contribution in [0.4, 0.5) is 5.69 Å². The Morgan fingerprint density at radius 3 is 2.56 bits per heavy atom. The van der Waals surface area contributed by atoms with Crippen LogP contribution in [0.2, 0.25) is 0 Å². The molecule has 0 aromatic heterocycles. The summed E-state index contributed by atoms with van der Waals surface area (Å²) in [6.45, 7) is 3.74. The number of amides is 1. The zero-order valence-electron chi connectivity index (χ0n) is 14.0. The van der Waals surface area contributed by atoms with Crippen molar-refractivity contribution in [2.75, 3.05) is 11.9 Å². The van der Waals surface area contributed by atoms with E-state index in [0.29, 0.717) is 11.3 Å². The molecule has 2 aromatic carbocycles. The van der Waals surface area contributed by atoms with Crippen molar-refractivity contribution >= 4 is 21.6 Å². The van der Waals surface area contributed by atoms with E-state index in [0.717, 1.165) is 11.1 Å². The molecule has 25 heavy (non-hydrogen) atoms. The number of carbonyl (C=O) groups is 1. The van der Waals surface area contributed by atoms with Gasteiger partial charge in [0.1, 0.15) is 0 Å². The van der Waals surface area contributed by atoms with E-state index in [2.05, 4.69) is 10.0 Å². The van der Waals surface area contributed by atoms with E-state index < -0.39 is 10.0 Å². The molecular formula is C18H19N3O3S. The first kappa shape index (κ1) is 18.6. The second-order valence-corrected chi connectivity index (χ2v) is 7.40. The Morgan fingerprint density at radius 1 is 1.12 bits per heavy atom. The molecule has 0 radical (unpaired) electrons. The summed E-state index contributed by atoms with van der Waals surface area (Å²) in [5.41, 5.74) is 2.84. The lowest BCUT2D eigenvalue weighted by Gasteiger charge is -2.09. The summed E-state index contributed by atoms with van der Waals surface area (Å²) in [7, 11) is -3.65. The minimum absolute atomic E-state index is 0.0130. The summed E-state index contributed by atoms with van der Waals surface area (Å²) < 4.78 is 26.9. The Kier molecular flexibility index (Phi) is 5.91. The van der Waals surface area contributed by atoms with Crippen LogP contribution in [0.15, 0.2) is 47.4 Å². The molecule has 6 nitrogen and oxygen atoms in total. The lowest BCUT2D eigenvalue weighted by Crippen LogP contribution is -2.28. The smallest absolute Gasteiger partial charge is 0.240 e. The van der Waals surface area contributed by atoms with Crippen molar-refractivity contribution in [3.63, 3.8) is 0 Å². The Bertz CT molecular complexity index is 931. The molecule has 7 heteroatoms. The summed E-state index contributed by atoms with van der Waals surface area (Å²) in [4.78, 5) is 12.1. The van der Waals surface area contributed by atoms with Crippen molar-refractivity contribution in [3.8, 4) is 6.07 Å². The van der Waals surface area contributed by atoms with Gasteiger partial charge in [-0.2, -0.15) is 5.26 Å². The number of carbonyl (C=O) groups excluding carboxylic acids is 1. The number of rotatable bonds is 6. The standard InChI is InChI=1S/C18H19N3O3S/c1-13-6-7-17(10-14(13)2)25(23,24)20-9-8-18(22)21-16-5-3-4-15(11-16)12-19/h3-7,10-11,20H,8-9H2,1-2H3,(H,21,22). The first-order valence-corrected chi connectivity index (χ1v) is 9.17. The molecule has 0 bridgehead atoms. The van der Waals surface area contributed by atoms with Crippen LogP contribution < -0.4 is 10.0 Å². The number of aryl methyl sites for hydroxylation is 2. The van der Waals surface area contributed by atoms with Crippen molar-refractivity contribution in [2.45, 2.75) is 25.2 Å². The van der Waals surface area contributed by atoms with E-state index in [-0.39, 0.29) is 23.8 Å². The topological polar surface area (TPSA) is 99.1 Å². The van der Waals surface area contributed by atoms with Gasteiger partial charge in [0.2, 0.25) is 15.9 Å². The third kappa shape index (κ3) is 5.14. The Hall–Kier alpha value is -2.69. The van der Waals surface area contributed by atoms with Crippen LogP contribution in [0.25, 0.3) is 0 Å². The largest absolute Gasteiger partial charge is 0.326 e. The lowest BCUT2D eigenvalue weighted by atomic mass is 10.1. The van der Waals surface area contributed by atoms with Crippen molar-refractivity contribution in [3.05, 3.63) is 59.2 Å². The average molecular weight is 357 g/mol. The zero-order valence-corrected chi connectivity index (χ0v) is 14.9. The van der Waals surface area contributed by atoms with Gasteiger partial charge in [0.25, 0.3) is 0 Å². The van der Waals surface area contributed by atoms with Crippen LogP contribution in [-0.2, 0) is 14.8 Å². The molecule has 0 unspecified atom stereocenters. The van der Waals surface area contributed by atoms with Crippen molar-refractivity contribution in [2.24, 2.45) is 0 Å². The minimum atomic E-state index is -3.65. The first-order valence-electron chi connectivity index (χ1n) is 7.69. The lowest BCUT2D eigenvalue weighted by molar-refractivity contribution is -0.116. The van der Waals surface area contributed by atoms with Crippen LogP contribution >= 0.6 is 0 Å². The predicted octanol–water partition coefficient (Wildman–Crippen LogP) is 2.48. The number of hydrogen-bond acceptors (Lipinski definition) is 4. The number of nitrogens with zero attached hydrogens (tertiary/aromatic N) is 1. The monoisotopic (exact) mass is 357 g/mol. The third-order valence-electron chi connectivity index (χ3n) is 3.71. The molecule has 2 N–H and O–H groups in total. The van der Waals surface area contributed by atoms with Crippen LogP contribution in [0, 0.1) is 25.2 Å². The van der Waals surface area contributed by atoms with E-state index in [4.69, 9.17) is 5.26 Å². The summed E-state index contributed by atoms with van der Waals surface area (Å²) in [6, 6.07) is 13.4. The molecule has 0 heterocycles. The highest BCUT2D eigenvalue weighted by Gasteiger charge is 2.15. The van der Waals surface area contributed by atoms with E-state index in [1.807, 2.05) is 19.9 Å². The van der Waals surface area contributed by atoms with Gasteiger partial charge in [-0.15, -0.1) is 0 Å². The molecule has 1 amide bonds. The second kappa shape index (κ2) is 7.92. The van der Waals surface area contributed by atoms with Gasteiger partial charge in [-0.1, -0.05) is 12.1 Å². The summed E-state index contributed by atoms with van der Waals surface area (Å²) in [6.07, 6.45) is -0.0130. The fourth-order valence-corrected chi connectivity index (χ4v) is 3.27. The number of hydrogen-bond donors (Lipinski definition) is 2. The van der Waals surface area contributed by atoms with Crippen molar-refractivity contribution < 1.29 is 13.2 Å². The van der Waals surface area contributed by atoms with E-state index >= 15 is 0 Å². The van der Waals surface area contributed by atoms with E-state index in [1.165, 1.54) is 6.07 Å². The van der Waals surface area contributed by atoms with Crippen LogP contribution in [0.5, 0.6) is 0 Å². The van der Waals surface area contributed by atoms with Gasteiger partial charge in [-0.05, 0) is 55.3 Å². The Labute approximate surface area is 147 Å². The number of benzene rings is 2. The molecule has 0 spiro atoms. The van der Waals surface area contributed by atoms with Gasteiger partial charge in [0.15, 0.2) is 0 Å².